The van der Waals surface area contributed by atoms with Gasteiger partial charge in [0.15, 0.2) is 0 Å². The molecule has 2 atom stereocenters. The van der Waals surface area contributed by atoms with Gasteiger partial charge in [0.25, 0.3) is 0 Å². The Labute approximate surface area is 101 Å². The monoisotopic (exact) mass is 252 g/mol. The van der Waals surface area contributed by atoms with Gasteiger partial charge in [0, 0.05) is 18.5 Å². The molecule has 0 aromatic rings. The standard InChI is InChI=1S/C12H23F3N2/c1-10-4-2-5-11(16,8-10)9-17-7-3-6-12(13,14)15/h10,17H,2-9,16H2,1H3. The molecule has 1 aliphatic carbocycles. The lowest BCUT2D eigenvalue weighted by molar-refractivity contribution is -0.135. The average molecular weight is 252 g/mol. The summed E-state index contributed by atoms with van der Waals surface area (Å²) in [6.07, 6.45) is -0.331. The fraction of sp³-hybridized carbons (Fsp3) is 1.00. The Balaban J connectivity index is 2.13. The first-order valence-electron chi connectivity index (χ1n) is 6.37. The first kappa shape index (κ1) is 14.8. The predicted molar refractivity (Wildman–Crippen MR) is 62.7 cm³/mol. The lowest BCUT2D eigenvalue weighted by atomic mass is 9.77. The van der Waals surface area contributed by atoms with E-state index in [1.807, 2.05) is 0 Å². The van der Waals surface area contributed by atoms with Crippen LogP contribution < -0.4 is 11.1 Å². The number of nitrogens with two attached hydrogens (primary N) is 1. The Morgan fingerprint density at radius 2 is 2.12 bits per heavy atom. The van der Waals surface area contributed by atoms with E-state index < -0.39 is 12.6 Å². The Bertz CT molecular complexity index is 230. The second-order valence-electron chi connectivity index (χ2n) is 5.46. The van der Waals surface area contributed by atoms with Crippen LogP contribution in [0.1, 0.15) is 45.4 Å². The van der Waals surface area contributed by atoms with Crippen molar-refractivity contribution in [3.63, 3.8) is 0 Å². The fourth-order valence-corrected chi connectivity index (χ4v) is 2.61. The van der Waals surface area contributed by atoms with Crippen LogP contribution in [-0.2, 0) is 0 Å². The highest BCUT2D eigenvalue weighted by molar-refractivity contribution is 4.91. The van der Waals surface area contributed by atoms with E-state index in [2.05, 4.69) is 12.2 Å². The van der Waals surface area contributed by atoms with Crippen molar-refractivity contribution >= 4 is 0 Å². The van der Waals surface area contributed by atoms with Gasteiger partial charge in [-0.1, -0.05) is 19.8 Å². The second kappa shape index (κ2) is 6.05. The highest BCUT2D eigenvalue weighted by atomic mass is 19.4. The maximum absolute atomic E-state index is 11.9. The van der Waals surface area contributed by atoms with Crippen molar-refractivity contribution in [1.82, 2.24) is 5.32 Å². The lowest BCUT2D eigenvalue weighted by Gasteiger charge is -2.37. The highest BCUT2D eigenvalue weighted by Crippen LogP contribution is 2.29. The Kier molecular flexibility index (Phi) is 5.25. The van der Waals surface area contributed by atoms with Crippen molar-refractivity contribution in [3.05, 3.63) is 0 Å². The molecule has 0 amide bonds. The molecule has 1 fully saturated rings. The van der Waals surface area contributed by atoms with Crippen LogP contribution in [0, 0.1) is 5.92 Å². The Morgan fingerprint density at radius 3 is 2.71 bits per heavy atom. The topological polar surface area (TPSA) is 38.0 Å². The number of halogens is 3. The lowest BCUT2D eigenvalue weighted by Crippen LogP contribution is -2.51. The van der Waals surface area contributed by atoms with Crippen LogP contribution in [0.5, 0.6) is 0 Å². The number of hydrogen-bond donors (Lipinski definition) is 2. The Morgan fingerprint density at radius 1 is 1.41 bits per heavy atom. The van der Waals surface area contributed by atoms with E-state index in [-0.39, 0.29) is 12.0 Å². The van der Waals surface area contributed by atoms with Crippen LogP contribution in [0.4, 0.5) is 13.2 Å². The van der Waals surface area contributed by atoms with Crippen molar-refractivity contribution in [1.29, 1.82) is 0 Å². The molecule has 0 heterocycles. The molecule has 0 aromatic carbocycles. The largest absolute Gasteiger partial charge is 0.389 e. The van der Waals surface area contributed by atoms with E-state index in [1.165, 1.54) is 6.42 Å². The summed E-state index contributed by atoms with van der Waals surface area (Å²) in [7, 11) is 0. The molecule has 0 aromatic heterocycles. The van der Waals surface area contributed by atoms with Crippen LogP contribution in [0.3, 0.4) is 0 Å². The van der Waals surface area contributed by atoms with Gasteiger partial charge in [-0.3, -0.25) is 0 Å². The van der Waals surface area contributed by atoms with Crippen molar-refractivity contribution in [3.8, 4) is 0 Å². The minimum absolute atomic E-state index is 0.134. The van der Waals surface area contributed by atoms with E-state index in [1.54, 1.807) is 0 Å². The van der Waals surface area contributed by atoms with Crippen LogP contribution in [-0.4, -0.2) is 24.8 Å². The average Bonchev–Trinajstić information content (AvgIpc) is 2.14. The maximum Gasteiger partial charge on any atom is 0.389 e. The minimum atomic E-state index is -4.04. The van der Waals surface area contributed by atoms with Gasteiger partial charge in [0.05, 0.1) is 0 Å². The summed E-state index contributed by atoms with van der Waals surface area (Å²) in [4.78, 5) is 0. The van der Waals surface area contributed by atoms with Gasteiger partial charge in [-0.25, -0.2) is 0 Å². The van der Waals surface area contributed by atoms with Crippen LogP contribution >= 0.6 is 0 Å². The summed E-state index contributed by atoms with van der Waals surface area (Å²) in [5, 5.41) is 3.06. The number of rotatable bonds is 5. The maximum atomic E-state index is 11.9. The van der Waals surface area contributed by atoms with E-state index in [0.29, 0.717) is 19.0 Å². The third-order valence-corrected chi connectivity index (χ3v) is 3.42. The molecule has 3 N–H and O–H groups in total. The van der Waals surface area contributed by atoms with Gasteiger partial charge in [-0.05, 0) is 31.7 Å². The zero-order valence-electron chi connectivity index (χ0n) is 10.4. The van der Waals surface area contributed by atoms with Crippen molar-refractivity contribution < 1.29 is 13.2 Å². The molecule has 2 unspecified atom stereocenters. The smallest absolute Gasteiger partial charge is 0.324 e. The molecule has 0 radical (unpaired) electrons. The predicted octanol–water partition coefficient (Wildman–Crippen LogP) is 2.83. The highest BCUT2D eigenvalue weighted by Gasteiger charge is 2.30. The molecule has 2 nitrogen and oxygen atoms in total. The summed E-state index contributed by atoms with van der Waals surface area (Å²) < 4.78 is 35.7. The molecule has 1 saturated carbocycles. The van der Waals surface area contributed by atoms with E-state index >= 15 is 0 Å². The summed E-state index contributed by atoms with van der Waals surface area (Å²) >= 11 is 0. The molecule has 0 aliphatic heterocycles. The molecular weight excluding hydrogens is 229 g/mol. The minimum Gasteiger partial charge on any atom is -0.324 e. The van der Waals surface area contributed by atoms with E-state index in [4.69, 9.17) is 5.73 Å². The van der Waals surface area contributed by atoms with Gasteiger partial charge < -0.3 is 11.1 Å². The van der Waals surface area contributed by atoms with Crippen LogP contribution in [0.15, 0.2) is 0 Å². The normalized spacial score (nSPS) is 30.5. The second-order valence-corrected chi connectivity index (χ2v) is 5.46. The first-order valence-corrected chi connectivity index (χ1v) is 6.37. The SMILES string of the molecule is CC1CCCC(N)(CNCCCC(F)(F)F)C1. The molecule has 1 aliphatic rings. The van der Waals surface area contributed by atoms with Gasteiger partial charge in [-0.15, -0.1) is 0 Å². The third kappa shape index (κ3) is 6.27. The van der Waals surface area contributed by atoms with Gasteiger partial charge >= 0.3 is 6.18 Å². The fourth-order valence-electron chi connectivity index (χ4n) is 2.61. The molecule has 0 bridgehead atoms. The van der Waals surface area contributed by atoms with Crippen molar-refractivity contribution in [2.75, 3.05) is 13.1 Å². The number of nitrogens with one attached hydrogen (secondary N) is 1. The summed E-state index contributed by atoms with van der Waals surface area (Å²) in [5.41, 5.74) is 6.02. The molecule has 17 heavy (non-hydrogen) atoms. The third-order valence-electron chi connectivity index (χ3n) is 3.42. The molecular formula is C12H23F3N2. The molecule has 0 saturated heterocycles. The van der Waals surface area contributed by atoms with Crippen molar-refractivity contribution in [2.45, 2.75) is 57.2 Å². The van der Waals surface area contributed by atoms with Gasteiger partial charge in [0.1, 0.15) is 0 Å². The number of alkyl halides is 3. The number of hydrogen-bond acceptors (Lipinski definition) is 2. The first-order chi connectivity index (χ1) is 7.81. The molecule has 0 spiro atoms. The summed E-state index contributed by atoms with van der Waals surface area (Å²) in [6.45, 7) is 3.21. The van der Waals surface area contributed by atoms with Gasteiger partial charge in [0.2, 0.25) is 0 Å². The molecule has 5 heteroatoms. The van der Waals surface area contributed by atoms with Crippen LogP contribution in [0.2, 0.25) is 0 Å². The van der Waals surface area contributed by atoms with Gasteiger partial charge in [-0.2, -0.15) is 13.2 Å². The molecule has 102 valence electrons. The zero-order chi connectivity index (χ0) is 12.9. The summed E-state index contributed by atoms with van der Waals surface area (Å²) in [5.74, 6) is 0.630. The molecule has 1 rings (SSSR count). The van der Waals surface area contributed by atoms with E-state index in [9.17, 15) is 13.2 Å². The zero-order valence-corrected chi connectivity index (χ0v) is 10.4. The van der Waals surface area contributed by atoms with E-state index in [0.717, 1.165) is 19.3 Å². The Hall–Kier alpha value is -0.290. The quantitative estimate of drug-likeness (QED) is 0.738. The van der Waals surface area contributed by atoms with Crippen LogP contribution in [0.25, 0.3) is 0 Å². The van der Waals surface area contributed by atoms with Crippen molar-refractivity contribution in [2.24, 2.45) is 11.7 Å². The summed E-state index contributed by atoms with van der Waals surface area (Å²) in [6, 6.07) is 0.